The SMILES string of the molecule is Cc1ncc(C(O)C(CN)c2c(Cl)cccc2Cl)s1. The molecular weight excluding hydrogens is 303 g/mol. The maximum Gasteiger partial charge on any atom is 0.0979 e. The molecule has 1 heterocycles. The number of hydrogen-bond donors (Lipinski definition) is 2. The molecule has 0 aliphatic carbocycles. The molecule has 0 aliphatic heterocycles. The zero-order valence-corrected chi connectivity index (χ0v) is 12.6. The molecule has 1 aromatic heterocycles. The van der Waals surface area contributed by atoms with Crippen molar-refractivity contribution in [3.63, 3.8) is 0 Å². The molecule has 0 fully saturated rings. The summed E-state index contributed by atoms with van der Waals surface area (Å²) >= 11 is 13.8. The van der Waals surface area contributed by atoms with Gasteiger partial charge in [0, 0.05) is 28.7 Å². The predicted molar refractivity (Wildman–Crippen MR) is 80.1 cm³/mol. The van der Waals surface area contributed by atoms with Crippen LogP contribution in [0, 0.1) is 6.92 Å². The van der Waals surface area contributed by atoms with E-state index in [4.69, 9.17) is 28.9 Å². The van der Waals surface area contributed by atoms with E-state index in [1.165, 1.54) is 11.3 Å². The van der Waals surface area contributed by atoms with Gasteiger partial charge in [-0.15, -0.1) is 11.3 Å². The topological polar surface area (TPSA) is 59.1 Å². The van der Waals surface area contributed by atoms with Crippen LogP contribution < -0.4 is 5.73 Å². The highest BCUT2D eigenvalue weighted by atomic mass is 35.5. The Morgan fingerprint density at radius 2 is 2.00 bits per heavy atom. The molecule has 0 saturated heterocycles. The average molecular weight is 317 g/mol. The molecular formula is C13H14Cl2N2OS. The highest BCUT2D eigenvalue weighted by Crippen LogP contribution is 2.39. The molecule has 2 atom stereocenters. The summed E-state index contributed by atoms with van der Waals surface area (Å²) in [5.41, 5.74) is 6.48. The Balaban J connectivity index is 2.39. The minimum atomic E-state index is -0.756. The van der Waals surface area contributed by atoms with Crippen molar-refractivity contribution in [1.82, 2.24) is 4.98 Å². The number of nitrogens with zero attached hydrogens (tertiary/aromatic N) is 1. The monoisotopic (exact) mass is 316 g/mol. The van der Waals surface area contributed by atoms with E-state index >= 15 is 0 Å². The van der Waals surface area contributed by atoms with Crippen LogP contribution in [-0.2, 0) is 0 Å². The third kappa shape index (κ3) is 3.09. The summed E-state index contributed by atoms with van der Waals surface area (Å²) in [6, 6.07) is 5.26. The number of aliphatic hydroxyl groups excluding tert-OH is 1. The van der Waals surface area contributed by atoms with Crippen molar-refractivity contribution in [2.24, 2.45) is 5.73 Å². The van der Waals surface area contributed by atoms with Gasteiger partial charge in [-0.1, -0.05) is 29.3 Å². The first kappa shape index (κ1) is 14.8. The van der Waals surface area contributed by atoms with E-state index in [0.29, 0.717) is 15.6 Å². The number of benzene rings is 1. The molecule has 19 heavy (non-hydrogen) atoms. The van der Waals surface area contributed by atoms with Gasteiger partial charge in [0.1, 0.15) is 0 Å². The van der Waals surface area contributed by atoms with E-state index in [-0.39, 0.29) is 12.5 Å². The number of aromatic nitrogens is 1. The van der Waals surface area contributed by atoms with Gasteiger partial charge in [0.05, 0.1) is 16.0 Å². The molecule has 3 nitrogen and oxygen atoms in total. The van der Waals surface area contributed by atoms with Gasteiger partial charge >= 0.3 is 0 Å². The van der Waals surface area contributed by atoms with Crippen molar-refractivity contribution >= 4 is 34.5 Å². The molecule has 2 aromatic rings. The van der Waals surface area contributed by atoms with Crippen LogP contribution in [-0.4, -0.2) is 16.6 Å². The van der Waals surface area contributed by atoms with Crippen molar-refractivity contribution in [2.75, 3.05) is 6.54 Å². The maximum absolute atomic E-state index is 10.5. The first-order valence-electron chi connectivity index (χ1n) is 5.79. The minimum absolute atomic E-state index is 0.252. The summed E-state index contributed by atoms with van der Waals surface area (Å²) in [5.74, 6) is -0.346. The smallest absolute Gasteiger partial charge is 0.0979 e. The van der Waals surface area contributed by atoms with E-state index < -0.39 is 6.10 Å². The van der Waals surface area contributed by atoms with E-state index in [1.807, 2.05) is 6.92 Å². The zero-order valence-electron chi connectivity index (χ0n) is 10.3. The van der Waals surface area contributed by atoms with Gasteiger partial charge in [-0.25, -0.2) is 4.98 Å². The summed E-state index contributed by atoms with van der Waals surface area (Å²) in [6.07, 6.45) is 0.909. The largest absolute Gasteiger partial charge is 0.387 e. The van der Waals surface area contributed by atoms with Gasteiger partial charge in [-0.05, 0) is 24.6 Å². The number of halogens is 2. The number of thiazole rings is 1. The Labute approximate surface area is 126 Å². The van der Waals surface area contributed by atoms with Gasteiger partial charge in [0.15, 0.2) is 0 Å². The van der Waals surface area contributed by atoms with Crippen LogP contribution in [0.15, 0.2) is 24.4 Å². The fourth-order valence-electron chi connectivity index (χ4n) is 1.98. The second-order valence-electron chi connectivity index (χ2n) is 4.20. The first-order chi connectivity index (χ1) is 9.04. The van der Waals surface area contributed by atoms with Crippen LogP contribution in [0.3, 0.4) is 0 Å². The summed E-state index contributed by atoms with van der Waals surface area (Å²) in [4.78, 5) is 4.91. The van der Waals surface area contributed by atoms with Crippen LogP contribution in [0.5, 0.6) is 0 Å². The molecule has 0 aliphatic rings. The van der Waals surface area contributed by atoms with Crippen LogP contribution in [0.25, 0.3) is 0 Å². The van der Waals surface area contributed by atoms with Gasteiger partial charge < -0.3 is 10.8 Å². The third-order valence-corrected chi connectivity index (χ3v) is 4.58. The van der Waals surface area contributed by atoms with Crippen LogP contribution in [0.1, 0.15) is 27.5 Å². The minimum Gasteiger partial charge on any atom is -0.387 e. The van der Waals surface area contributed by atoms with E-state index in [2.05, 4.69) is 4.98 Å². The van der Waals surface area contributed by atoms with E-state index in [0.717, 1.165) is 9.88 Å². The molecule has 3 N–H and O–H groups in total. The molecule has 2 rings (SSSR count). The second kappa shape index (κ2) is 6.20. The predicted octanol–water partition coefficient (Wildman–Crippen LogP) is 3.53. The van der Waals surface area contributed by atoms with E-state index in [9.17, 15) is 5.11 Å². The van der Waals surface area contributed by atoms with Crippen LogP contribution in [0.4, 0.5) is 0 Å². The van der Waals surface area contributed by atoms with Crippen molar-refractivity contribution < 1.29 is 5.11 Å². The van der Waals surface area contributed by atoms with Crippen molar-refractivity contribution in [3.05, 3.63) is 49.9 Å². The molecule has 102 valence electrons. The quantitative estimate of drug-likeness (QED) is 0.907. The maximum atomic E-state index is 10.5. The Kier molecular flexibility index (Phi) is 4.81. The molecule has 0 saturated carbocycles. The van der Waals surface area contributed by atoms with Gasteiger partial charge in [-0.3, -0.25) is 0 Å². The Bertz CT molecular complexity index is 553. The van der Waals surface area contributed by atoms with Crippen molar-refractivity contribution in [1.29, 1.82) is 0 Å². The number of hydrogen-bond acceptors (Lipinski definition) is 4. The zero-order chi connectivity index (χ0) is 14.0. The molecule has 0 bridgehead atoms. The van der Waals surface area contributed by atoms with Crippen LogP contribution in [0.2, 0.25) is 10.0 Å². The lowest BCUT2D eigenvalue weighted by atomic mass is 9.92. The highest BCUT2D eigenvalue weighted by Gasteiger charge is 2.26. The number of rotatable bonds is 4. The number of aliphatic hydroxyl groups is 1. The second-order valence-corrected chi connectivity index (χ2v) is 6.28. The lowest BCUT2D eigenvalue weighted by Crippen LogP contribution is -2.20. The summed E-state index contributed by atoms with van der Waals surface area (Å²) in [5, 5.41) is 12.4. The fraction of sp³-hybridized carbons (Fsp3) is 0.308. The first-order valence-corrected chi connectivity index (χ1v) is 7.36. The normalized spacial score (nSPS) is 14.4. The molecule has 2 unspecified atom stereocenters. The third-order valence-electron chi connectivity index (χ3n) is 2.94. The molecule has 0 spiro atoms. The summed E-state index contributed by atoms with van der Waals surface area (Å²) in [6.45, 7) is 2.14. The standard InChI is InChI=1S/C13H14Cl2N2OS/c1-7-17-6-11(19-7)13(18)8(5-16)12-9(14)3-2-4-10(12)15/h2-4,6,8,13,18H,5,16H2,1H3. The summed E-state index contributed by atoms with van der Waals surface area (Å²) < 4.78 is 0. The molecule has 6 heteroatoms. The molecule has 0 radical (unpaired) electrons. The molecule has 1 aromatic carbocycles. The van der Waals surface area contributed by atoms with Gasteiger partial charge in [0.2, 0.25) is 0 Å². The van der Waals surface area contributed by atoms with Gasteiger partial charge in [0.25, 0.3) is 0 Å². The lowest BCUT2D eigenvalue weighted by Gasteiger charge is -2.22. The Hall–Kier alpha value is -0.650. The number of nitrogens with two attached hydrogens (primary N) is 1. The van der Waals surface area contributed by atoms with E-state index in [1.54, 1.807) is 24.4 Å². The summed E-state index contributed by atoms with van der Waals surface area (Å²) in [7, 11) is 0. The Morgan fingerprint density at radius 1 is 1.37 bits per heavy atom. The van der Waals surface area contributed by atoms with Gasteiger partial charge in [-0.2, -0.15) is 0 Å². The number of aryl methyl sites for hydroxylation is 1. The Morgan fingerprint density at radius 3 is 2.47 bits per heavy atom. The average Bonchev–Trinajstić information content (AvgIpc) is 2.80. The fourth-order valence-corrected chi connectivity index (χ4v) is 3.50. The lowest BCUT2D eigenvalue weighted by molar-refractivity contribution is 0.151. The highest BCUT2D eigenvalue weighted by molar-refractivity contribution is 7.11. The van der Waals surface area contributed by atoms with Crippen molar-refractivity contribution in [3.8, 4) is 0 Å². The van der Waals surface area contributed by atoms with Crippen LogP contribution >= 0.6 is 34.5 Å². The molecule has 0 amide bonds. The van der Waals surface area contributed by atoms with Crippen molar-refractivity contribution in [2.45, 2.75) is 18.9 Å².